The molecule has 0 aliphatic carbocycles. The number of hydrogen-bond acceptors (Lipinski definition) is 4. The van der Waals surface area contributed by atoms with E-state index in [1.54, 1.807) is 18.3 Å². The Labute approximate surface area is 161 Å². The summed E-state index contributed by atoms with van der Waals surface area (Å²) in [6, 6.07) is 21.4. The minimum Gasteiger partial charge on any atom is -0.488 e. The van der Waals surface area contributed by atoms with Gasteiger partial charge in [-0.2, -0.15) is 5.10 Å². The summed E-state index contributed by atoms with van der Waals surface area (Å²) in [5, 5.41) is 13.8. The second-order valence-electron chi connectivity index (χ2n) is 5.67. The van der Waals surface area contributed by atoms with E-state index in [0.717, 1.165) is 11.1 Å². The first-order valence-electron chi connectivity index (χ1n) is 8.21. The van der Waals surface area contributed by atoms with Crippen molar-refractivity contribution in [2.24, 2.45) is 5.10 Å². The average Bonchev–Trinajstić information content (AvgIpc) is 2.69. The van der Waals surface area contributed by atoms with Crippen molar-refractivity contribution in [3.8, 4) is 5.75 Å². The first-order valence-corrected chi connectivity index (χ1v) is 8.59. The summed E-state index contributed by atoms with van der Waals surface area (Å²) in [6.45, 7) is 0.356. The molecule has 0 radical (unpaired) electrons. The number of anilines is 1. The highest BCUT2D eigenvalue weighted by molar-refractivity contribution is 6.31. The predicted octanol–water partition coefficient (Wildman–Crippen LogP) is 5.06. The number of hydrogen-bond donors (Lipinski definition) is 2. The number of halogens is 1. The molecule has 27 heavy (non-hydrogen) atoms. The Kier molecular flexibility index (Phi) is 6.07. The molecule has 3 aromatic rings. The molecular weight excluding hydrogens is 364 g/mol. The van der Waals surface area contributed by atoms with E-state index < -0.39 is 5.97 Å². The van der Waals surface area contributed by atoms with Gasteiger partial charge in [-0.1, -0.05) is 41.9 Å². The molecule has 0 aliphatic heterocycles. The Morgan fingerprint density at radius 3 is 2.48 bits per heavy atom. The van der Waals surface area contributed by atoms with Crippen molar-refractivity contribution < 1.29 is 14.6 Å². The molecule has 0 heterocycles. The van der Waals surface area contributed by atoms with E-state index in [9.17, 15) is 4.79 Å². The number of nitrogens with zero attached hydrogens (tertiary/aromatic N) is 1. The van der Waals surface area contributed by atoms with Crippen LogP contribution in [0.15, 0.2) is 77.9 Å². The first-order chi connectivity index (χ1) is 13.1. The Morgan fingerprint density at radius 1 is 1.04 bits per heavy atom. The number of carbonyl (C=O) groups is 1. The summed E-state index contributed by atoms with van der Waals surface area (Å²) in [5.74, 6) is -0.279. The molecule has 0 saturated carbocycles. The molecule has 0 aromatic heterocycles. The normalized spacial score (nSPS) is 10.7. The van der Waals surface area contributed by atoms with Crippen LogP contribution in [0.4, 0.5) is 5.69 Å². The van der Waals surface area contributed by atoms with Crippen LogP contribution in [0.5, 0.6) is 5.75 Å². The highest BCUT2D eigenvalue weighted by Gasteiger charge is 2.04. The van der Waals surface area contributed by atoms with Crippen LogP contribution in [-0.2, 0) is 6.61 Å². The molecule has 3 rings (SSSR count). The van der Waals surface area contributed by atoms with Gasteiger partial charge in [0.25, 0.3) is 0 Å². The van der Waals surface area contributed by atoms with Gasteiger partial charge in [0, 0.05) is 16.1 Å². The number of hydrazone groups is 1. The average molecular weight is 381 g/mol. The molecule has 0 fully saturated rings. The molecule has 3 aromatic carbocycles. The largest absolute Gasteiger partial charge is 0.488 e. The third-order valence-corrected chi connectivity index (χ3v) is 4.16. The summed E-state index contributed by atoms with van der Waals surface area (Å²) < 4.78 is 5.88. The zero-order chi connectivity index (χ0) is 19.1. The van der Waals surface area contributed by atoms with Crippen LogP contribution in [0.1, 0.15) is 21.5 Å². The van der Waals surface area contributed by atoms with Gasteiger partial charge in [0.05, 0.1) is 17.5 Å². The fourth-order valence-corrected chi connectivity index (χ4v) is 2.54. The van der Waals surface area contributed by atoms with E-state index in [0.29, 0.717) is 23.1 Å². The number of benzene rings is 3. The van der Waals surface area contributed by atoms with Gasteiger partial charge in [-0.05, 0) is 42.5 Å². The number of rotatable bonds is 7. The smallest absolute Gasteiger partial charge is 0.335 e. The summed E-state index contributed by atoms with van der Waals surface area (Å²) in [5.41, 5.74) is 5.49. The molecule has 0 bridgehead atoms. The van der Waals surface area contributed by atoms with E-state index >= 15 is 0 Å². The number of carboxylic acid groups (broad SMARTS) is 1. The van der Waals surface area contributed by atoms with Crippen molar-refractivity contribution in [1.29, 1.82) is 0 Å². The van der Waals surface area contributed by atoms with Gasteiger partial charge in [-0.15, -0.1) is 0 Å². The van der Waals surface area contributed by atoms with Crippen LogP contribution in [0.25, 0.3) is 0 Å². The van der Waals surface area contributed by atoms with Crippen LogP contribution in [-0.4, -0.2) is 17.3 Å². The molecule has 5 nitrogen and oxygen atoms in total. The van der Waals surface area contributed by atoms with E-state index in [4.69, 9.17) is 21.4 Å². The highest BCUT2D eigenvalue weighted by atomic mass is 35.5. The maximum atomic E-state index is 10.9. The second kappa shape index (κ2) is 8.87. The molecule has 0 amide bonds. The Bertz CT molecular complexity index is 956. The standard InChI is InChI=1S/C21H17ClN2O3/c22-19-7-3-1-6-17(19)14-27-20-8-4-2-5-16(20)13-23-24-18-11-9-15(10-12-18)21(25)26/h1-13,24H,14H2,(H,25,26)/b23-13+. The summed E-state index contributed by atoms with van der Waals surface area (Å²) in [7, 11) is 0. The first kappa shape index (κ1) is 18.5. The van der Waals surface area contributed by atoms with Gasteiger partial charge in [0.15, 0.2) is 0 Å². The van der Waals surface area contributed by atoms with Crippen molar-refractivity contribution in [2.75, 3.05) is 5.43 Å². The molecule has 0 unspecified atom stereocenters. The zero-order valence-corrected chi connectivity index (χ0v) is 15.1. The van der Waals surface area contributed by atoms with Gasteiger partial charge in [-0.25, -0.2) is 4.79 Å². The Balaban J connectivity index is 1.65. The van der Waals surface area contributed by atoms with Crippen molar-refractivity contribution in [1.82, 2.24) is 0 Å². The van der Waals surface area contributed by atoms with Crippen LogP contribution >= 0.6 is 11.6 Å². The van der Waals surface area contributed by atoms with E-state index in [1.165, 1.54) is 12.1 Å². The molecule has 0 saturated heterocycles. The number of aromatic carboxylic acids is 1. The summed E-state index contributed by atoms with van der Waals surface area (Å²) in [6.07, 6.45) is 1.65. The monoisotopic (exact) mass is 380 g/mol. The minimum absolute atomic E-state index is 0.225. The zero-order valence-electron chi connectivity index (χ0n) is 14.3. The van der Waals surface area contributed by atoms with Gasteiger partial charge < -0.3 is 9.84 Å². The molecule has 136 valence electrons. The minimum atomic E-state index is -0.963. The lowest BCUT2D eigenvalue weighted by molar-refractivity contribution is 0.0697. The number of para-hydroxylation sites is 1. The van der Waals surface area contributed by atoms with E-state index in [1.807, 2.05) is 48.5 Å². The number of carboxylic acids is 1. The van der Waals surface area contributed by atoms with Gasteiger partial charge in [0.2, 0.25) is 0 Å². The fraction of sp³-hybridized carbons (Fsp3) is 0.0476. The second-order valence-corrected chi connectivity index (χ2v) is 6.08. The Morgan fingerprint density at radius 2 is 1.74 bits per heavy atom. The lowest BCUT2D eigenvalue weighted by Gasteiger charge is -2.10. The molecule has 0 aliphatic rings. The maximum absolute atomic E-state index is 10.9. The lowest BCUT2D eigenvalue weighted by Crippen LogP contribution is -2.00. The fourth-order valence-electron chi connectivity index (χ4n) is 2.35. The van der Waals surface area contributed by atoms with Crippen LogP contribution in [0, 0.1) is 0 Å². The van der Waals surface area contributed by atoms with Crippen molar-refractivity contribution in [2.45, 2.75) is 6.61 Å². The summed E-state index contributed by atoms with van der Waals surface area (Å²) in [4.78, 5) is 10.9. The molecule has 6 heteroatoms. The highest BCUT2D eigenvalue weighted by Crippen LogP contribution is 2.21. The molecule has 0 spiro atoms. The van der Waals surface area contributed by atoms with Crippen LogP contribution in [0.2, 0.25) is 5.02 Å². The predicted molar refractivity (Wildman–Crippen MR) is 107 cm³/mol. The third kappa shape index (κ3) is 5.09. The van der Waals surface area contributed by atoms with Gasteiger partial charge in [-0.3, -0.25) is 5.43 Å². The van der Waals surface area contributed by atoms with Crippen molar-refractivity contribution >= 4 is 29.5 Å². The number of ether oxygens (including phenoxy) is 1. The number of nitrogens with one attached hydrogen (secondary N) is 1. The quantitative estimate of drug-likeness (QED) is 0.443. The third-order valence-electron chi connectivity index (χ3n) is 3.79. The van der Waals surface area contributed by atoms with Gasteiger partial charge in [0.1, 0.15) is 12.4 Å². The topological polar surface area (TPSA) is 70.9 Å². The SMILES string of the molecule is O=C(O)c1ccc(N/N=C/c2ccccc2OCc2ccccc2Cl)cc1. The Hall–Kier alpha value is -3.31. The maximum Gasteiger partial charge on any atom is 0.335 e. The molecule has 0 atom stereocenters. The van der Waals surface area contributed by atoms with Crippen LogP contribution < -0.4 is 10.2 Å². The van der Waals surface area contributed by atoms with Crippen molar-refractivity contribution in [3.63, 3.8) is 0 Å². The van der Waals surface area contributed by atoms with Gasteiger partial charge >= 0.3 is 5.97 Å². The van der Waals surface area contributed by atoms with Crippen molar-refractivity contribution in [3.05, 3.63) is 94.5 Å². The summed E-state index contributed by atoms with van der Waals surface area (Å²) >= 11 is 6.16. The van der Waals surface area contributed by atoms with E-state index in [-0.39, 0.29) is 5.56 Å². The van der Waals surface area contributed by atoms with Crippen LogP contribution in [0.3, 0.4) is 0 Å². The lowest BCUT2D eigenvalue weighted by atomic mass is 10.2. The molecule has 2 N–H and O–H groups in total. The molecular formula is C21H17ClN2O3. The van der Waals surface area contributed by atoms with E-state index in [2.05, 4.69) is 10.5 Å².